The lowest BCUT2D eigenvalue weighted by Gasteiger charge is -2.16. The van der Waals surface area contributed by atoms with Crippen molar-refractivity contribution in [3.63, 3.8) is 0 Å². The molecule has 0 unspecified atom stereocenters. The molecule has 18 heavy (non-hydrogen) atoms. The Hall–Kier alpha value is -1.10. The Morgan fingerprint density at radius 2 is 1.50 bits per heavy atom. The van der Waals surface area contributed by atoms with Crippen molar-refractivity contribution in [3.05, 3.63) is 12.1 Å². The number of alkyl halides is 1. The van der Waals surface area contributed by atoms with Crippen LogP contribution in [-0.4, -0.2) is 33.3 Å². The average Bonchev–Trinajstić information content (AvgIpc) is 2.42. The van der Waals surface area contributed by atoms with Gasteiger partial charge in [0.15, 0.2) is 11.5 Å². The number of rotatable bonds is 8. The lowest BCUT2D eigenvalue weighted by molar-refractivity contribution is 0.273. The predicted molar refractivity (Wildman–Crippen MR) is 74.6 cm³/mol. The number of hydrogen-bond donors (Lipinski definition) is 0. The van der Waals surface area contributed by atoms with E-state index in [1.165, 1.54) is 0 Å². The molecule has 1 rings (SSSR count). The van der Waals surface area contributed by atoms with E-state index in [0.29, 0.717) is 29.6 Å². The van der Waals surface area contributed by atoms with Crippen LogP contribution in [0.25, 0.3) is 0 Å². The minimum atomic E-state index is 0.554. The van der Waals surface area contributed by atoms with Gasteiger partial charge in [-0.3, -0.25) is 0 Å². The lowest BCUT2D eigenvalue weighted by Crippen LogP contribution is -2.02. The van der Waals surface area contributed by atoms with Gasteiger partial charge in [0, 0.05) is 5.33 Å². The number of unbranched alkanes of at least 4 members (excludes halogenated alkanes) is 1. The van der Waals surface area contributed by atoms with Gasteiger partial charge >= 0.3 is 0 Å². The van der Waals surface area contributed by atoms with Gasteiger partial charge in [0.1, 0.15) is 0 Å². The number of ether oxygens (including phenoxy) is 4. The molecule has 1 aromatic carbocycles. The maximum Gasteiger partial charge on any atom is 0.207 e. The number of benzene rings is 1. The molecule has 0 saturated heterocycles. The van der Waals surface area contributed by atoms with Gasteiger partial charge in [-0.25, -0.2) is 0 Å². The first-order chi connectivity index (χ1) is 8.78. The van der Waals surface area contributed by atoms with E-state index in [1.54, 1.807) is 27.4 Å². The first kappa shape index (κ1) is 15.0. The summed E-state index contributed by atoms with van der Waals surface area (Å²) in [5.41, 5.74) is 0. The topological polar surface area (TPSA) is 36.9 Å². The normalized spacial score (nSPS) is 10.0. The van der Waals surface area contributed by atoms with E-state index in [0.717, 1.165) is 18.2 Å². The molecule has 0 amide bonds. The average molecular weight is 319 g/mol. The van der Waals surface area contributed by atoms with Gasteiger partial charge in [-0.2, -0.15) is 0 Å². The van der Waals surface area contributed by atoms with Gasteiger partial charge in [0.2, 0.25) is 11.5 Å². The highest BCUT2D eigenvalue weighted by Crippen LogP contribution is 2.43. The highest BCUT2D eigenvalue weighted by Gasteiger charge is 2.16. The van der Waals surface area contributed by atoms with Crippen LogP contribution in [0.1, 0.15) is 12.8 Å². The lowest BCUT2D eigenvalue weighted by atomic mass is 10.2. The molecule has 0 radical (unpaired) electrons. The summed E-state index contributed by atoms with van der Waals surface area (Å²) in [5, 5.41) is 0.986. The molecule has 5 heteroatoms. The summed E-state index contributed by atoms with van der Waals surface area (Å²) in [5.74, 6) is 2.42. The van der Waals surface area contributed by atoms with Gasteiger partial charge in [0.05, 0.1) is 27.9 Å². The smallest absolute Gasteiger partial charge is 0.207 e. The Bertz CT molecular complexity index is 368. The molecule has 0 aliphatic heterocycles. The van der Waals surface area contributed by atoms with Gasteiger partial charge in [-0.05, 0) is 25.0 Å². The van der Waals surface area contributed by atoms with Crippen LogP contribution >= 0.6 is 15.9 Å². The fraction of sp³-hybridized carbons (Fsp3) is 0.538. The minimum absolute atomic E-state index is 0.554. The third-order valence-electron chi connectivity index (χ3n) is 2.45. The van der Waals surface area contributed by atoms with Crippen LogP contribution in [0.4, 0.5) is 0 Å². The summed E-state index contributed by atoms with van der Waals surface area (Å²) in [6, 6.07) is 3.63. The third kappa shape index (κ3) is 3.70. The summed E-state index contributed by atoms with van der Waals surface area (Å²) in [6.45, 7) is 0.650. The van der Waals surface area contributed by atoms with Crippen LogP contribution < -0.4 is 18.9 Å². The van der Waals surface area contributed by atoms with Crippen LogP contribution in [-0.2, 0) is 0 Å². The van der Waals surface area contributed by atoms with E-state index in [9.17, 15) is 0 Å². The van der Waals surface area contributed by atoms with Crippen molar-refractivity contribution in [3.8, 4) is 23.0 Å². The molecule has 0 atom stereocenters. The van der Waals surface area contributed by atoms with E-state index < -0.39 is 0 Å². The fourth-order valence-electron chi connectivity index (χ4n) is 1.57. The van der Waals surface area contributed by atoms with Crippen molar-refractivity contribution in [2.45, 2.75) is 12.8 Å². The number of hydrogen-bond acceptors (Lipinski definition) is 4. The highest BCUT2D eigenvalue weighted by atomic mass is 79.9. The Morgan fingerprint density at radius 1 is 0.889 bits per heavy atom. The molecule has 0 fully saturated rings. The molecule has 4 nitrogen and oxygen atoms in total. The quantitative estimate of drug-likeness (QED) is 0.544. The molecule has 0 N–H and O–H groups in total. The summed E-state index contributed by atoms with van der Waals surface area (Å²) in [7, 11) is 4.76. The molecule has 0 aliphatic rings. The zero-order valence-electron chi connectivity index (χ0n) is 11.0. The van der Waals surface area contributed by atoms with Crippen LogP contribution in [0.2, 0.25) is 0 Å². The molecule has 102 valence electrons. The maximum atomic E-state index is 5.69. The molecule has 0 heterocycles. The molecule has 0 aliphatic carbocycles. The van der Waals surface area contributed by atoms with Gasteiger partial charge < -0.3 is 18.9 Å². The maximum absolute atomic E-state index is 5.69. The molecule has 0 bridgehead atoms. The van der Waals surface area contributed by atoms with Gasteiger partial charge in [-0.15, -0.1) is 0 Å². The highest BCUT2D eigenvalue weighted by molar-refractivity contribution is 9.09. The number of methoxy groups -OCH3 is 3. The summed E-state index contributed by atoms with van der Waals surface area (Å²) in [4.78, 5) is 0. The van der Waals surface area contributed by atoms with Crippen LogP contribution in [0.3, 0.4) is 0 Å². The second-order valence-corrected chi connectivity index (χ2v) is 4.37. The van der Waals surface area contributed by atoms with Crippen molar-refractivity contribution in [2.75, 3.05) is 33.3 Å². The fourth-order valence-corrected chi connectivity index (χ4v) is 1.96. The second-order valence-electron chi connectivity index (χ2n) is 3.58. The molecule has 1 aromatic rings. The van der Waals surface area contributed by atoms with Gasteiger partial charge in [-0.1, -0.05) is 15.9 Å². The van der Waals surface area contributed by atoms with Crippen LogP contribution in [0, 0.1) is 0 Å². The predicted octanol–water partition coefficient (Wildman–Crippen LogP) is 3.27. The first-order valence-electron chi connectivity index (χ1n) is 5.76. The van der Waals surface area contributed by atoms with E-state index in [2.05, 4.69) is 15.9 Å². The van der Waals surface area contributed by atoms with Gasteiger partial charge in [0.25, 0.3) is 0 Å². The van der Waals surface area contributed by atoms with Crippen molar-refractivity contribution >= 4 is 15.9 Å². The second kappa shape index (κ2) is 8.08. The SMILES string of the molecule is COc1ccc(OCCCCBr)c(OC)c1OC. The zero-order chi connectivity index (χ0) is 13.4. The molecular formula is C13H19BrO4. The van der Waals surface area contributed by atoms with E-state index in [4.69, 9.17) is 18.9 Å². The Balaban J connectivity index is 2.84. The van der Waals surface area contributed by atoms with Crippen LogP contribution in [0.15, 0.2) is 12.1 Å². The zero-order valence-corrected chi connectivity index (χ0v) is 12.6. The van der Waals surface area contributed by atoms with Crippen molar-refractivity contribution in [1.82, 2.24) is 0 Å². The first-order valence-corrected chi connectivity index (χ1v) is 6.88. The summed E-state index contributed by atoms with van der Waals surface area (Å²) >= 11 is 3.39. The molecular weight excluding hydrogens is 300 g/mol. The van der Waals surface area contributed by atoms with Crippen LogP contribution in [0.5, 0.6) is 23.0 Å². The van der Waals surface area contributed by atoms with Crippen molar-refractivity contribution < 1.29 is 18.9 Å². The summed E-state index contributed by atoms with van der Waals surface area (Å²) in [6.07, 6.45) is 2.07. The number of halogens is 1. The summed E-state index contributed by atoms with van der Waals surface area (Å²) < 4.78 is 21.5. The standard InChI is InChI=1S/C13H19BrO4/c1-15-10-6-7-11(18-9-5-4-8-14)13(17-3)12(10)16-2/h6-7H,4-5,8-9H2,1-3H3. The van der Waals surface area contributed by atoms with Crippen molar-refractivity contribution in [2.24, 2.45) is 0 Å². The third-order valence-corrected chi connectivity index (χ3v) is 3.01. The monoisotopic (exact) mass is 318 g/mol. The van der Waals surface area contributed by atoms with E-state index >= 15 is 0 Å². The Morgan fingerprint density at radius 3 is 2.06 bits per heavy atom. The molecule has 0 aromatic heterocycles. The Labute approximate surface area is 116 Å². The molecule has 0 spiro atoms. The largest absolute Gasteiger partial charge is 0.493 e. The van der Waals surface area contributed by atoms with Crippen molar-refractivity contribution in [1.29, 1.82) is 0 Å². The van der Waals surface area contributed by atoms with E-state index in [-0.39, 0.29) is 0 Å². The Kier molecular flexibility index (Phi) is 6.72. The van der Waals surface area contributed by atoms with E-state index in [1.807, 2.05) is 6.07 Å². The molecule has 0 saturated carbocycles. The minimum Gasteiger partial charge on any atom is -0.493 e.